The molecule has 0 aliphatic heterocycles. The summed E-state index contributed by atoms with van der Waals surface area (Å²) in [5.41, 5.74) is 0. The third-order valence-corrected chi connectivity index (χ3v) is 11.6. The molecule has 0 spiro atoms. The van der Waals surface area contributed by atoms with E-state index < -0.39 is 18.1 Å². The highest BCUT2D eigenvalue weighted by atomic mass is 16.6. The number of hydrogen-bond donors (Lipinski definition) is 0. The molecule has 0 aliphatic rings. The van der Waals surface area contributed by atoms with E-state index in [2.05, 4.69) is 123 Å². The predicted molar refractivity (Wildman–Crippen MR) is 291 cm³/mol. The molecule has 8 heteroatoms. The van der Waals surface area contributed by atoms with Gasteiger partial charge < -0.3 is 28.6 Å². The first-order chi connectivity index (χ1) is 33.6. The van der Waals surface area contributed by atoms with Crippen LogP contribution in [0.15, 0.2) is 109 Å². The number of ether oxygens (including phenoxy) is 3. The van der Waals surface area contributed by atoms with Crippen molar-refractivity contribution < 1.29 is 38.2 Å². The average Bonchev–Trinajstić information content (AvgIpc) is 3.31. The van der Waals surface area contributed by atoms with Gasteiger partial charge in [0.15, 0.2) is 6.10 Å². The summed E-state index contributed by atoms with van der Waals surface area (Å²) in [6.07, 6.45) is 69.9. The van der Waals surface area contributed by atoms with E-state index in [1.165, 1.54) is 77.0 Å². The van der Waals surface area contributed by atoms with Crippen molar-refractivity contribution in [3.8, 4) is 0 Å². The van der Waals surface area contributed by atoms with Crippen LogP contribution in [0.25, 0.3) is 0 Å². The number of carboxylic acid groups (broad SMARTS) is 1. The van der Waals surface area contributed by atoms with Gasteiger partial charge in [-0.15, -0.1) is 0 Å². The number of esters is 2. The lowest BCUT2D eigenvalue weighted by Crippen LogP contribution is -2.55. The number of unbranched alkanes of at least 4 members (excludes halogenated alkanes) is 16. The van der Waals surface area contributed by atoms with E-state index >= 15 is 0 Å². The lowest BCUT2D eigenvalue weighted by molar-refractivity contribution is -0.889. The van der Waals surface area contributed by atoms with Crippen LogP contribution in [-0.4, -0.2) is 75.5 Å². The van der Waals surface area contributed by atoms with Gasteiger partial charge >= 0.3 is 11.9 Å². The minimum Gasteiger partial charge on any atom is -0.544 e. The van der Waals surface area contributed by atoms with Crippen molar-refractivity contribution in [2.45, 2.75) is 219 Å². The summed E-state index contributed by atoms with van der Waals surface area (Å²) in [5.74, 6) is -1.83. The zero-order chi connectivity index (χ0) is 50.6. The standard InChI is InChI=1S/C61H101NO7/c1-6-8-10-12-14-16-18-20-22-24-26-28-30-32-33-35-37-39-41-43-45-47-49-51-59(63)68-56-57(55-67-54-53-58(61(65)66)62(3,4)5)69-60(64)52-50-48-46-44-42-40-38-36-34-31-29-27-25-23-21-19-17-15-13-11-9-7-2/h8,10,14,16,20,22,25-28,31-34,37,39,43,45,57-58H,6-7,9,11-13,15,17-19,21,23-24,29-30,35-36,38,40-42,44,46-56H2,1-5H3/b10-8+,16-14+,22-20+,27-25+,28-26+,33-32+,34-31+,39-37+,45-43+. The van der Waals surface area contributed by atoms with Crippen LogP contribution in [-0.2, 0) is 28.6 Å². The third-order valence-electron chi connectivity index (χ3n) is 11.6. The number of rotatable bonds is 48. The van der Waals surface area contributed by atoms with Crippen molar-refractivity contribution in [2.24, 2.45) is 0 Å². The Labute approximate surface area is 423 Å². The van der Waals surface area contributed by atoms with Crippen LogP contribution < -0.4 is 5.11 Å². The summed E-state index contributed by atoms with van der Waals surface area (Å²) in [4.78, 5) is 37.1. The Morgan fingerprint density at radius 1 is 0.449 bits per heavy atom. The Morgan fingerprint density at radius 3 is 1.25 bits per heavy atom. The number of allylic oxidation sites excluding steroid dienone is 18. The molecule has 0 aromatic heterocycles. The van der Waals surface area contributed by atoms with Crippen molar-refractivity contribution in [1.82, 2.24) is 0 Å². The Kier molecular flexibility index (Phi) is 47.5. The van der Waals surface area contributed by atoms with Crippen molar-refractivity contribution >= 4 is 17.9 Å². The molecule has 0 saturated carbocycles. The Morgan fingerprint density at radius 2 is 0.826 bits per heavy atom. The highest BCUT2D eigenvalue weighted by molar-refractivity contribution is 5.70. The van der Waals surface area contributed by atoms with Crippen molar-refractivity contribution in [3.63, 3.8) is 0 Å². The SMILES string of the molecule is CC/C=C/C/C=C/C/C=C/C/C=C/C/C=C/C/C=C/C/C=C/CCCC(=O)OCC(COCCC(C(=O)[O-])[N+](C)(C)C)OC(=O)CCCCCCCCC/C=C/C/C=C/CCCCCCCCCC. The van der Waals surface area contributed by atoms with Crippen molar-refractivity contribution in [3.05, 3.63) is 109 Å². The van der Waals surface area contributed by atoms with Crippen molar-refractivity contribution in [1.29, 1.82) is 0 Å². The molecule has 0 rings (SSSR count). The van der Waals surface area contributed by atoms with Crippen LogP contribution in [0.1, 0.15) is 206 Å². The maximum atomic E-state index is 12.8. The van der Waals surface area contributed by atoms with E-state index in [0.717, 1.165) is 89.9 Å². The number of carboxylic acids is 1. The second kappa shape index (κ2) is 50.4. The van der Waals surface area contributed by atoms with E-state index in [4.69, 9.17) is 14.2 Å². The highest BCUT2D eigenvalue weighted by Crippen LogP contribution is 2.14. The predicted octanol–water partition coefficient (Wildman–Crippen LogP) is 15.0. The molecule has 0 aromatic rings. The largest absolute Gasteiger partial charge is 0.544 e. The zero-order valence-electron chi connectivity index (χ0n) is 44.7. The van der Waals surface area contributed by atoms with Gasteiger partial charge in [-0.05, 0) is 96.3 Å². The summed E-state index contributed by atoms with van der Waals surface area (Å²) in [6.45, 7) is 4.48. The summed E-state index contributed by atoms with van der Waals surface area (Å²) in [5, 5.41) is 11.7. The number of carbonyl (C=O) groups excluding carboxylic acids is 3. The third kappa shape index (κ3) is 48.8. The number of likely N-dealkylation sites (N-methyl/N-ethyl adjacent to an activating group) is 1. The lowest BCUT2D eigenvalue weighted by atomic mass is 10.1. The van der Waals surface area contributed by atoms with Gasteiger partial charge in [0.05, 0.1) is 40.3 Å². The highest BCUT2D eigenvalue weighted by Gasteiger charge is 2.25. The Balaban J connectivity index is 4.36. The number of nitrogens with zero attached hydrogens (tertiary/aromatic N) is 1. The van der Waals surface area contributed by atoms with Gasteiger partial charge in [0.1, 0.15) is 12.6 Å². The van der Waals surface area contributed by atoms with E-state index in [1.807, 2.05) is 0 Å². The van der Waals surface area contributed by atoms with Crippen LogP contribution in [0.2, 0.25) is 0 Å². The molecule has 0 N–H and O–H groups in total. The molecule has 0 fully saturated rings. The molecule has 2 atom stereocenters. The molecular weight excluding hydrogens is 859 g/mol. The van der Waals surface area contributed by atoms with E-state index in [9.17, 15) is 19.5 Å². The summed E-state index contributed by atoms with van der Waals surface area (Å²) in [6, 6.07) is -0.744. The number of hydrogen-bond acceptors (Lipinski definition) is 7. The molecule has 0 aliphatic carbocycles. The minimum absolute atomic E-state index is 0.0124. The van der Waals surface area contributed by atoms with E-state index in [-0.39, 0.29) is 49.1 Å². The first kappa shape index (κ1) is 65.0. The molecule has 392 valence electrons. The molecule has 0 heterocycles. The molecule has 2 unspecified atom stereocenters. The van der Waals surface area contributed by atoms with Crippen LogP contribution in [0.5, 0.6) is 0 Å². The lowest BCUT2D eigenvalue weighted by Gasteiger charge is -2.34. The molecule has 0 bridgehead atoms. The smallest absolute Gasteiger partial charge is 0.306 e. The average molecular weight is 960 g/mol. The van der Waals surface area contributed by atoms with Gasteiger partial charge in [0.2, 0.25) is 0 Å². The van der Waals surface area contributed by atoms with E-state index in [1.54, 1.807) is 21.1 Å². The number of aliphatic carboxylic acids is 1. The van der Waals surface area contributed by atoms with Gasteiger partial charge in [0, 0.05) is 19.3 Å². The first-order valence-electron chi connectivity index (χ1n) is 27.4. The first-order valence-corrected chi connectivity index (χ1v) is 27.4. The normalized spacial score (nSPS) is 13.7. The monoisotopic (exact) mass is 960 g/mol. The van der Waals surface area contributed by atoms with Gasteiger partial charge in [-0.3, -0.25) is 9.59 Å². The van der Waals surface area contributed by atoms with Crippen LogP contribution in [0.4, 0.5) is 0 Å². The van der Waals surface area contributed by atoms with Gasteiger partial charge in [-0.1, -0.05) is 200 Å². The second-order valence-electron chi connectivity index (χ2n) is 19.1. The minimum atomic E-state index is -1.14. The van der Waals surface area contributed by atoms with Gasteiger partial charge in [-0.2, -0.15) is 0 Å². The molecule has 8 nitrogen and oxygen atoms in total. The summed E-state index contributed by atoms with van der Waals surface area (Å²) < 4.78 is 17.2. The summed E-state index contributed by atoms with van der Waals surface area (Å²) in [7, 11) is 5.39. The molecule has 0 radical (unpaired) electrons. The molecule has 0 aromatic carbocycles. The molecule has 69 heavy (non-hydrogen) atoms. The molecule has 0 amide bonds. The second-order valence-corrected chi connectivity index (χ2v) is 19.1. The maximum Gasteiger partial charge on any atom is 0.306 e. The zero-order valence-corrected chi connectivity index (χ0v) is 44.7. The maximum absolute atomic E-state index is 12.8. The quantitative estimate of drug-likeness (QED) is 0.0259. The topological polar surface area (TPSA) is 102 Å². The number of quaternary nitrogens is 1. The number of carbonyl (C=O) groups is 3. The van der Waals surface area contributed by atoms with Crippen LogP contribution >= 0.6 is 0 Å². The van der Waals surface area contributed by atoms with Gasteiger partial charge in [-0.25, -0.2) is 0 Å². The van der Waals surface area contributed by atoms with E-state index in [0.29, 0.717) is 12.8 Å². The Hall–Kier alpha value is -4.01. The fourth-order valence-electron chi connectivity index (χ4n) is 7.44. The van der Waals surface area contributed by atoms with Crippen molar-refractivity contribution in [2.75, 3.05) is 41.0 Å². The Bertz CT molecular complexity index is 1490. The fraction of sp³-hybridized carbons (Fsp3) is 0.656. The molecular formula is C61H101NO7. The summed E-state index contributed by atoms with van der Waals surface area (Å²) >= 11 is 0. The van der Waals surface area contributed by atoms with Gasteiger partial charge in [0.25, 0.3) is 0 Å². The molecule has 0 saturated heterocycles. The van der Waals surface area contributed by atoms with Crippen LogP contribution in [0, 0.1) is 0 Å². The fourth-order valence-corrected chi connectivity index (χ4v) is 7.44. The van der Waals surface area contributed by atoms with Crippen LogP contribution in [0.3, 0.4) is 0 Å².